The predicted octanol–water partition coefficient (Wildman–Crippen LogP) is 1.51. The van der Waals surface area contributed by atoms with Crippen molar-refractivity contribution in [3.05, 3.63) is 6.33 Å². The van der Waals surface area contributed by atoms with Crippen LogP contribution in [-0.2, 0) is 0 Å². The van der Waals surface area contributed by atoms with Crippen LogP contribution in [0, 0.1) is 5.92 Å². The van der Waals surface area contributed by atoms with Gasteiger partial charge in [0.05, 0.1) is 13.2 Å². The highest BCUT2D eigenvalue weighted by molar-refractivity contribution is 5.65. The Kier molecular flexibility index (Phi) is 5.00. The molecule has 1 aliphatic heterocycles. The number of ether oxygens (including phenoxy) is 1. The van der Waals surface area contributed by atoms with Crippen LogP contribution in [0.4, 0.5) is 11.6 Å². The lowest BCUT2D eigenvalue weighted by atomic mass is 9.96. The summed E-state index contributed by atoms with van der Waals surface area (Å²) in [6.45, 7) is 6.48. The molecule has 1 aromatic heterocycles. The van der Waals surface area contributed by atoms with E-state index in [1.807, 2.05) is 0 Å². The lowest BCUT2D eigenvalue weighted by Crippen LogP contribution is -2.43. The molecular weight excluding hydrogens is 256 g/mol. The highest BCUT2D eigenvalue weighted by Gasteiger charge is 2.27. The molecule has 2 rings (SSSR count). The summed E-state index contributed by atoms with van der Waals surface area (Å²) < 4.78 is 5.48. The van der Waals surface area contributed by atoms with Crippen LogP contribution in [0.25, 0.3) is 0 Å². The van der Waals surface area contributed by atoms with Gasteiger partial charge in [0.1, 0.15) is 6.33 Å². The van der Waals surface area contributed by atoms with Gasteiger partial charge in [-0.15, -0.1) is 0 Å². The molecule has 2 atom stereocenters. The molecule has 1 fully saturated rings. The summed E-state index contributed by atoms with van der Waals surface area (Å²) >= 11 is 0. The zero-order valence-corrected chi connectivity index (χ0v) is 12.5. The van der Waals surface area contributed by atoms with Gasteiger partial charge in [0.15, 0.2) is 11.6 Å². The Balaban J connectivity index is 2.22. The largest absolute Gasteiger partial charge is 0.490 e. The molecule has 1 aromatic rings. The van der Waals surface area contributed by atoms with Crippen LogP contribution in [0.15, 0.2) is 6.33 Å². The summed E-state index contributed by atoms with van der Waals surface area (Å²) in [4.78, 5) is 10.7. The second-order valence-corrected chi connectivity index (χ2v) is 5.29. The van der Waals surface area contributed by atoms with Gasteiger partial charge in [0.25, 0.3) is 0 Å². The van der Waals surface area contributed by atoms with Gasteiger partial charge < -0.3 is 20.1 Å². The maximum Gasteiger partial charge on any atom is 0.204 e. The van der Waals surface area contributed by atoms with Crippen molar-refractivity contribution in [3.8, 4) is 5.75 Å². The summed E-state index contributed by atoms with van der Waals surface area (Å²) in [5.41, 5.74) is 0. The molecule has 6 heteroatoms. The first kappa shape index (κ1) is 14.8. The minimum atomic E-state index is -0.324. The van der Waals surface area contributed by atoms with Gasteiger partial charge in [-0.1, -0.05) is 13.8 Å². The molecule has 0 radical (unpaired) electrons. The quantitative estimate of drug-likeness (QED) is 0.852. The number of methoxy groups -OCH3 is 1. The first-order chi connectivity index (χ1) is 9.67. The van der Waals surface area contributed by atoms with E-state index in [9.17, 15) is 5.11 Å². The van der Waals surface area contributed by atoms with Gasteiger partial charge in [-0.05, 0) is 18.8 Å². The van der Waals surface area contributed by atoms with E-state index in [-0.39, 0.29) is 6.10 Å². The highest BCUT2D eigenvalue weighted by atomic mass is 16.5. The third-order valence-corrected chi connectivity index (χ3v) is 3.75. The predicted molar refractivity (Wildman–Crippen MR) is 79.4 cm³/mol. The summed E-state index contributed by atoms with van der Waals surface area (Å²) in [5.74, 6) is 2.46. The zero-order chi connectivity index (χ0) is 14.5. The number of aliphatic hydroxyl groups excluding tert-OH is 1. The first-order valence-electron chi connectivity index (χ1n) is 7.23. The maximum absolute atomic E-state index is 10.0. The molecule has 6 nitrogen and oxygen atoms in total. The smallest absolute Gasteiger partial charge is 0.204 e. The standard InChI is InChI=1S/C14H24N4O2/c1-4-6-15-13-12(20-3)14(17-9-16-13)18-7-5-10(2)11(19)8-18/h9-11,19H,4-8H2,1-3H3,(H,15,16,17). The lowest BCUT2D eigenvalue weighted by molar-refractivity contribution is 0.102. The van der Waals surface area contributed by atoms with E-state index in [1.165, 1.54) is 0 Å². The minimum absolute atomic E-state index is 0.324. The minimum Gasteiger partial charge on any atom is -0.490 e. The second kappa shape index (κ2) is 6.74. The van der Waals surface area contributed by atoms with Gasteiger partial charge >= 0.3 is 0 Å². The van der Waals surface area contributed by atoms with Crippen molar-refractivity contribution in [1.82, 2.24) is 9.97 Å². The number of hydrogen-bond acceptors (Lipinski definition) is 6. The lowest BCUT2D eigenvalue weighted by Gasteiger charge is -2.35. The molecule has 0 saturated carbocycles. The number of nitrogens with zero attached hydrogens (tertiary/aromatic N) is 3. The van der Waals surface area contributed by atoms with E-state index < -0.39 is 0 Å². The maximum atomic E-state index is 10.0. The Bertz CT molecular complexity index is 441. The molecule has 2 heterocycles. The highest BCUT2D eigenvalue weighted by Crippen LogP contribution is 2.34. The van der Waals surface area contributed by atoms with E-state index in [1.54, 1.807) is 13.4 Å². The number of hydrogen-bond donors (Lipinski definition) is 2. The molecule has 0 aliphatic carbocycles. The average Bonchev–Trinajstić information content (AvgIpc) is 2.47. The molecule has 20 heavy (non-hydrogen) atoms. The average molecular weight is 280 g/mol. The molecule has 1 saturated heterocycles. The third-order valence-electron chi connectivity index (χ3n) is 3.75. The Morgan fingerprint density at radius 2 is 2.30 bits per heavy atom. The molecule has 0 aromatic carbocycles. The van der Waals surface area contributed by atoms with E-state index in [2.05, 4.69) is 34.0 Å². The van der Waals surface area contributed by atoms with Crippen molar-refractivity contribution in [2.75, 3.05) is 37.0 Å². The molecular formula is C14H24N4O2. The van der Waals surface area contributed by atoms with Crippen molar-refractivity contribution >= 4 is 11.6 Å². The Hall–Kier alpha value is -1.56. The fourth-order valence-electron chi connectivity index (χ4n) is 2.39. The van der Waals surface area contributed by atoms with E-state index in [0.717, 1.165) is 31.7 Å². The van der Waals surface area contributed by atoms with Crippen LogP contribution < -0.4 is 15.0 Å². The molecule has 1 aliphatic rings. The molecule has 0 bridgehead atoms. The second-order valence-electron chi connectivity index (χ2n) is 5.29. The van der Waals surface area contributed by atoms with Crippen molar-refractivity contribution in [2.45, 2.75) is 32.8 Å². The van der Waals surface area contributed by atoms with Gasteiger partial charge in [0, 0.05) is 19.6 Å². The van der Waals surface area contributed by atoms with Crippen molar-refractivity contribution in [2.24, 2.45) is 5.92 Å². The van der Waals surface area contributed by atoms with Gasteiger partial charge in [0.2, 0.25) is 5.75 Å². The Morgan fingerprint density at radius 1 is 1.50 bits per heavy atom. The number of piperidine rings is 1. The fraction of sp³-hybridized carbons (Fsp3) is 0.714. The van der Waals surface area contributed by atoms with E-state index in [0.29, 0.717) is 24.0 Å². The van der Waals surface area contributed by atoms with Crippen LogP contribution in [-0.4, -0.2) is 47.9 Å². The van der Waals surface area contributed by atoms with Gasteiger partial charge in [-0.25, -0.2) is 9.97 Å². The normalized spacial score (nSPS) is 22.7. The van der Waals surface area contributed by atoms with Crippen molar-refractivity contribution in [3.63, 3.8) is 0 Å². The first-order valence-corrected chi connectivity index (χ1v) is 7.23. The van der Waals surface area contributed by atoms with Crippen molar-refractivity contribution in [1.29, 1.82) is 0 Å². The SMILES string of the molecule is CCCNc1ncnc(N2CCC(C)C(O)C2)c1OC. The van der Waals surface area contributed by atoms with Crippen LogP contribution >= 0.6 is 0 Å². The topological polar surface area (TPSA) is 70.5 Å². The van der Waals surface area contributed by atoms with Crippen LogP contribution in [0.5, 0.6) is 5.75 Å². The Labute approximate surface area is 120 Å². The monoisotopic (exact) mass is 280 g/mol. The molecule has 112 valence electrons. The van der Waals surface area contributed by atoms with Gasteiger partial charge in [-0.2, -0.15) is 0 Å². The molecule has 0 spiro atoms. The zero-order valence-electron chi connectivity index (χ0n) is 12.5. The van der Waals surface area contributed by atoms with Gasteiger partial charge in [-0.3, -0.25) is 0 Å². The number of β-amino-alcohol motifs (C(OH)–C–C–N with tert-alkyl or cyclic N) is 1. The number of rotatable bonds is 5. The summed E-state index contributed by atoms with van der Waals surface area (Å²) in [7, 11) is 1.63. The molecule has 0 amide bonds. The number of aliphatic hydroxyl groups is 1. The van der Waals surface area contributed by atoms with Crippen LogP contribution in [0.3, 0.4) is 0 Å². The van der Waals surface area contributed by atoms with Crippen LogP contribution in [0.1, 0.15) is 26.7 Å². The number of anilines is 2. The summed E-state index contributed by atoms with van der Waals surface area (Å²) in [6, 6.07) is 0. The third kappa shape index (κ3) is 3.12. The molecule has 2 N–H and O–H groups in total. The number of nitrogens with one attached hydrogen (secondary N) is 1. The van der Waals surface area contributed by atoms with Crippen molar-refractivity contribution < 1.29 is 9.84 Å². The fourth-order valence-corrected chi connectivity index (χ4v) is 2.39. The van der Waals surface area contributed by atoms with E-state index >= 15 is 0 Å². The Morgan fingerprint density at radius 3 is 2.95 bits per heavy atom. The number of aromatic nitrogens is 2. The summed E-state index contributed by atoms with van der Waals surface area (Å²) in [6.07, 6.45) is 3.19. The summed E-state index contributed by atoms with van der Waals surface area (Å²) in [5, 5.41) is 13.3. The van der Waals surface area contributed by atoms with Crippen LogP contribution in [0.2, 0.25) is 0 Å². The van der Waals surface area contributed by atoms with E-state index in [4.69, 9.17) is 4.74 Å². The molecule has 2 unspecified atom stereocenters.